The number of hydrogen-bond acceptors (Lipinski definition) is 4. The van der Waals surface area contributed by atoms with Crippen LogP contribution in [0.5, 0.6) is 0 Å². The summed E-state index contributed by atoms with van der Waals surface area (Å²) in [6.45, 7) is 5.98. The van der Waals surface area contributed by atoms with Crippen LogP contribution in [0.2, 0.25) is 5.02 Å². The fourth-order valence-electron chi connectivity index (χ4n) is 3.38. The molecule has 0 amide bonds. The van der Waals surface area contributed by atoms with Crippen molar-refractivity contribution in [1.29, 1.82) is 0 Å². The van der Waals surface area contributed by atoms with E-state index in [0.717, 1.165) is 48.7 Å². The van der Waals surface area contributed by atoms with Gasteiger partial charge < -0.3 is 24.4 Å². The van der Waals surface area contributed by atoms with Crippen molar-refractivity contribution in [2.75, 3.05) is 38.7 Å². The number of aryl methyl sites for hydroxylation is 1. The normalized spacial score (nSPS) is 17.7. The van der Waals surface area contributed by atoms with Crippen LogP contribution in [0.3, 0.4) is 0 Å². The van der Waals surface area contributed by atoms with Gasteiger partial charge in [0.15, 0.2) is 5.96 Å². The highest BCUT2D eigenvalue weighted by atomic mass is 35.5. The molecule has 0 spiro atoms. The maximum Gasteiger partial charge on any atom is 0.194 e. The van der Waals surface area contributed by atoms with Crippen molar-refractivity contribution in [2.24, 2.45) is 12.0 Å². The molecule has 1 aliphatic heterocycles. The number of guanidine groups is 1. The summed E-state index contributed by atoms with van der Waals surface area (Å²) in [5.74, 6) is 1.83. The smallest absolute Gasteiger partial charge is 0.194 e. The van der Waals surface area contributed by atoms with Gasteiger partial charge in [-0.3, -0.25) is 4.99 Å². The third-order valence-corrected chi connectivity index (χ3v) is 5.08. The Labute approximate surface area is 172 Å². The lowest BCUT2D eigenvalue weighted by molar-refractivity contribution is 0.0529. The number of halogens is 1. The second-order valence-electron chi connectivity index (χ2n) is 7.17. The Bertz CT molecular complexity index is 821. The standard InChI is InChI=1S/C20H29ClN6O/c1-15-12-27(7-8-28-15)19-9-16(5-6-23-19)11-24-20(22-2)26(4)14-18-10-17(21)13-25(18)3/h5-6,9-10,13,15H,7-8,11-12,14H2,1-4H3,(H,22,24). The first kappa shape index (κ1) is 20.5. The van der Waals surface area contributed by atoms with E-state index in [1.165, 1.54) is 5.56 Å². The van der Waals surface area contributed by atoms with E-state index in [1.54, 1.807) is 7.05 Å². The average Bonchev–Trinajstić information content (AvgIpc) is 2.99. The van der Waals surface area contributed by atoms with Crippen molar-refractivity contribution in [1.82, 2.24) is 19.8 Å². The number of ether oxygens (including phenoxy) is 1. The van der Waals surface area contributed by atoms with Gasteiger partial charge in [-0.2, -0.15) is 0 Å². The summed E-state index contributed by atoms with van der Waals surface area (Å²) in [7, 11) is 5.81. The molecule has 8 heteroatoms. The van der Waals surface area contributed by atoms with Gasteiger partial charge in [0.2, 0.25) is 0 Å². The van der Waals surface area contributed by atoms with Crippen LogP contribution >= 0.6 is 11.6 Å². The van der Waals surface area contributed by atoms with Crippen molar-refractivity contribution >= 4 is 23.4 Å². The van der Waals surface area contributed by atoms with Crippen LogP contribution in [-0.4, -0.2) is 60.3 Å². The molecule has 2 aromatic rings. The van der Waals surface area contributed by atoms with Gasteiger partial charge in [0.1, 0.15) is 5.82 Å². The van der Waals surface area contributed by atoms with E-state index in [1.807, 2.05) is 43.2 Å². The SMILES string of the molecule is CN=C(NCc1ccnc(N2CCOC(C)C2)c1)N(C)Cc1cc(Cl)cn1C. The van der Waals surface area contributed by atoms with Crippen LogP contribution in [0, 0.1) is 0 Å². The zero-order valence-corrected chi connectivity index (χ0v) is 17.8. The zero-order chi connectivity index (χ0) is 20.1. The van der Waals surface area contributed by atoms with Crippen molar-refractivity contribution in [3.63, 3.8) is 0 Å². The third kappa shape index (κ3) is 5.17. The van der Waals surface area contributed by atoms with E-state index < -0.39 is 0 Å². The number of pyridine rings is 1. The summed E-state index contributed by atoms with van der Waals surface area (Å²) in [6.07, 6.45) is 4.01. The first-order valence-electron chi connectivity index (χ1n) is 9.50. The van der Waals surface area contributed by atoms with Gasteiger partial charge in [0.25, 0.3) is 0 Å². The lowest BCUT2D eigenvalue weighted by atomic mass is 10.2. The zero-order valence-electron chi connectivity index (χ0n) is 17.0. The second kappa shape index (κ2) is 9.30. The van der Waals surface area contributed by atoms with Crippen molar-refractivity contribution < 1.29 is 4.74 Å². The van der Waals surface area contributed by atoms with Gasteiger partial charge in [-0.1, -0.05) is 11.6 Å². The topological polar surface area (TPSA) is 57.9 Å². The van der Waals surface area contributed by atoms with Crippen LogP contribution in [0.1, 0.15) is 18.2 Å². The molecule has 152 valence electrons. The third-order valence-electron chi connectivity index (χ3n) is 4.87. The van der Waals surface area contributed by atoms with Crippen LogP contribution in [-0.2, 0) is 24.9 Å². The van der Waals surface area contributed by atoms with Gasteiger partial charge in [0.05, 0.1) is 24.3 Å². The molecular weight excluding hydrogens is 376 g/mol. The first-order chi connectivity index (χ1) is 13.5. The summed E-state index contributed by atoms with van der Waals surface area (Å²) < 4.78 is 7.66. The predicted molar refractivity (Wildman–Crippen MR) is 114 cm³/mol. The van der Waals surface area contributed by atoms with Gasteiger partial charge >= 0.3 is 0 Å². The fourth-order valence-corrected chi connectivity index (χ4v) is 3.65. The Kier molecular flexibility index (Phi) is 6.80. The summed E-state index contributed by atoms with van der Waals surface area (Å²) in [5, 5.41) is 4.18. The number of aliphatic imine (C=N–C) groups is 1. The van der Waals surface area contributed by atoms with E-state index >= 15 is 0 Å². The first-order valence-corrected chi connectivity index (χ1v) is 9.88. The molecule has 3 heterocycles. The summed E-state index contributed by atoms with van der Waals surface area (Å²) in [6, 6.07) is 6.14. The molecule has 0 bridgehead atoms. The fraction of sp³-hybridized carbons (Fsp3) is 0.500. The average molecular weight is 405 g/mol. The van der Waals surface area contributed by atoms with Gasteiger partial charge in [0, 0.05) is 58.9 Å². The Morgan fingerprint density at radius 1 is 1.46 bits per heavy atom. The monoisotopic (exact) mass is 404 g/mol. The molecule has 1 unspecified atom stereocenters. The van der Waals surface area contributed by atoms with Crippen LogP contribution in [0.15, 0.2) is 35.6 Å². The van der Waals surface area contributed by atoms with E-state index in [9.17, 15) is 0 Å². The van der Waals surface area contributed by atoms with E-state index in [0.29, 0.717) is 6.54 Å². The Morgan fingerprint density at radius 2 is 2.29 bits per heavy atom. The van der Waals surface area contributed by atoms with Gasteiger partial charge in [-0.15, -0.1) is 0 Å². The number of aromatic nitrogens is 2. The molecule has 3 rings (SSSR count). The highest BCUT2D eigenvalue weighted by Gasteiger charge is 2.18. The Morgan fingerprint density at radius 3 is 2.96 bits per heavy atom. The van der Waals surface area contributed by atoms with E-state index in [4.69, 9.17) is 16.3 Å². The van der Waals surface area contributed by atoms with E-state index in [-0.39, 0.29) is 6.10 Å². The molecule has 1 fully saturated rings. The minimum Gasteiger partial charge on any atom is -0.375 e. The molecule has 2 aromatic heterocycles. The number of nitrogens with one attached hydrogen (secondary N) is 1. The maximum atomic E-state index is 6.09. The Hall–Kier alpha value is -2.25. The number of morpholine rings is 1. The number of anilines is 1. The Balaban J connectivity index is 1.60. The molecule has 1 saturated heterocycles. The highest BCUT2D eigenvalue weighted by Crippen LogP contribution is 2.17. The summed E-state index contributed by atoms with van der Waals surface area (Å²) in [4.78, 5) is 13.3. The van der Waals surface area contributed by atoms with Crippen LogP contribution < -0.4 is 10.2 Å². The molecule has 0 aromatic carbocycles. The molecule has 28 heavy (non-hydrogen) atoms. The van der Waals surface area contributed by atoms with Gasteiger partial charge in [-0.25, -0.2) is 4.98 Å². The van der Waals surface area contributed by atoms with Crippen LogP contribution in [0.4, 0.5) is 5.82 Å². The second-order valence-corrected chi connectivity index (χ2v) is 7.60. The number of nitrogens with zero attached hydrogens (tertiary/aromatic N) is 5. The minimum absolute atomic E-state index is 0.232. The maximum absolute atomic E-state index is 6.09. The summed E-state index contributed by atoms with van der Waals surface area (Å²) in [5.41, 5.74) is 2.30. The van der Waals surface area contributed by atoms with Gasteiger partial charge in [-0.05, 0) is 30.7 Å². The largest absolute Gasteiger partial charge is 0.375 e. The highest BCUT2D eigenvalue weighted by molar-refractivity contribution is 6.30. The molecule has 0 radical (unpaired) electrons. The summed E-state index contributed by atoms with van der Waals surface area (Å²) >= 11 is 6.09. The minimum atomic E-state index is 0.232. The quantitative estimate of drug-likeness (QED) is 0.613. The predicted octanol–water partition coefficient (Wildman–Crippen LogP) is 2.51. The molecular formula is C20H29ClN6O. The molecule has 0 saturated carbocycles. The molecule has 1 N–H and O–H groups in total. The van der Waals surface area contributed by atoms with Crippen LogP contribution in [0.25, 0.3) is 0 Å². The lowest BCUT2D eigenvalue weighted by Gasteiger charge is -2.32. The molecule has 7 nitrogen and oxygen atoms in total. The van der Waals surface area contributed by atoms with Crippen molar-refractivity contribution in [3.8, 4) is 0 Å². The number of rotatable bonds is 5. The molecule has 1 atom stereocenters. The van der Waals surface area contributed by atoms with Crippen molar-refractivity contribution in [2.45, 2.75) is 26.1 Å². The van der Waals surface area contributed by atoms with E-state index in [2.05, 4.69) is 38.1 Å². The number of hydrogen-bond donors (Lipinski definition) is 1. The van der Waals surface area contributed by atoms with Crippen molar-refractivity contribution in [3.05, 3.63) is 46.9 Å². The molecule has 1 aliphatic rings. The molecule has 0 aliphatic carbocycles. The lowest BCUT2D eigenvalue weighted by Crippen LogP contribution is -2.41.